The third-order valence-corrected chi connectivity index (χ3v) is 6.59. The van der Waals surface area contributed by atoms with Crippen LogP contribution in [0.1, 0.15) is 22.3 Å². The van der Waals surface area contributed by atoms with E-state index in [1.165, 1.54) is 0 Å². The van der Waals surface area contributed by atoms with Crippen molar-refractivity contribution < 1.29 is 10.2 Å². The smallest absolute Gasteiger partial charge is 0.0970 e. The van der Waals surface area contributed by atoms with E-state index in [4.69, 9.17) is 0 Å². The molecular weight excluding hydrogens is 444 g/mol. The molecule has 0 spiro atoms. The summed E-state index contributed by atoms with van der Waals surface area (Å²) in [4.78, 5) is 0. The van der Waals surface area contributed by atoms with Gasteiger partial charge in [0.15, 0.2) is 0 Å². The van der Waals surface area contributed by atoms with E-state index in [0.717, 1.165) is 22.3 Å². The Morgan fingerprint density at radius 3 is 1.00 bits per heavy atom. The number of hydrogen-bond acceptors (Lipinski definition) is 4. The molecule has 0 aliphatic heterocycles. The van der Waals surface area contributed by atoms with Crippen LogP contribution >= 0.6 is 0 Å². The normalized spacial score (nSPS) is 14.6. The highest BCUT2D eigenvalue weighted by Gasteiger charge is 2.32. The zero-order chi connectivity index (χ0) is 25.0. The van der Waals surface area contributed by atoms with Crippen molar-refractivity contribution >= 4 is 0 Å². The van der Waals surface area contributed by atoms with Crippen molar-refractivity contribution in [2.24, 2.45) is 0 Å². The van der Waals surface area contributed by atoms with Gasteiger partial charge in [-0.15, -0.1) is 0 Å². The summed E-state index contributed by atoms with van der Waals surface area (Å²) in [6, 6.07) is 39.9. The Bertz CT molecular complexity index is 1030. The van der Waals surface area contributed by atoms with Gasteiger partial charge in [-0.05, 0) is 35.1 Å². The van der Waals surface area contributed by atoms with Gasteiger partial charge < -0.3 is 20.8 Å². The van der Waals surface area contributed by atoms with Crippen LogP contribution in [0.5, 0.6) is 0 Å². The molecule has 0 saturated carbocycles. The van der Waals surface area contributed by atoms with Gasteiger partial charge in [0.25, 0.3) is 0 Å². The molecule has 0 fully saturated rings. The van der Waals surface area contributed by atoms with Crippen LogP contribution < -0.4 is 10.6 Å². The number of nitrogens with one attached hydrogen (secondary N) is 2. The molecule has 0 aliphatic carbocycles. The molecule has 4 nitrogen and oxygen atoms in total. The molecule has 0 unspecified atom stereocenters. The molecule has 186 valence electrons. The fraction of sp³-hybridized carbons (Fsp3) is 0.250. The van der Waals surface area contributed by atoms with E-state index in [-0.39, 0.29) is 12.1 Å². The second-order valence-corrected chi connectivity index (χ2v) is 9.31. The lowest BCUT2D eigenvalue weighted by atomic mass is 9.91. The summed E-state index contributed by atoms with van der Waals surface area (Å²) in [5, 5.41) is 30.1. The van der Waals surface area contributed by atoms with Crippen LogP contribution in [0.15, 0.2) is 121 Å². The van der Waals surface area contributed by atoms with Crippen molar-refractivity contribution in [3.8, 4) is 0 Å². The summed E-state index contributed by atoms with van der Waals surface area (Å²) in [5.74, 6) is 0. The lowest BCUT2D eigenvalue weighted by Gasteiger charge is -2.33. The van der Waals surface area contributed by atoms with E-state index in [0.29, 0.717) is 25.9 Å². The summed E-state index contributed by atoms with van der Waals surface area (Å²) in [6.07, 6.45) is -0.706. The third-order valence-electron chi connectivity index (χ3n) is 6.59. The Hall–Kier alpha value is -3.28. The van der Waals surface area contributed by atoms with Crippen LogP contribution in [0, 0.1) is 0 Å². The maximum Gasteiger partial charge on any atom is 0.0970 e. The number of aliphatic hydroxyl groups is 2. The molecule has 4 atom stereocenters. The Morgan fingerprint density at radius 2 is 0.694 bits per heavy atom. The van der Waals surface area contributed by atoms with Crippen LogP contribution in [0.2, 0.25) is 0 Å². The molecule has 0 radical (unpaired) electrons. The van der Waals surface area contributed by atoms with Crippen molar-refractivity contribution in [1.82, 2.24) is 10.6 Å². The van der Waals surface area contributed by atoms with Crippen LogP contribution in [-0.2, 0) is 25.9 Å². The van der Waals surface area contributed by atoms with E-state index < -0.39 is 12.2 Å². The highest BCUT2D eigenvalue weighted by Crippen LogP contribution is 2.16. The molecule has 4 aromatic carbocycles. The summed E-state index contributed by atoms with van der Waals surface area (Å²) < 4.78 is 0. The minimum Gasteiger partial charge on any atom is -0.389 e. The molecule has 0 saturated heterocycles. The molecular formula is C32H36N2O2. The van der Waals surface area contributed by atoms with Crippen LogP contribution in [0.4, 0.5) is 0 Å². The van der Waals surface area contributed by atoms with Crippen LogP contribution in [-0.4, -0.2) is 34.5 Å². The highest BCUT2D eigenvalue weighted by atomic mass is 16.3. The molecule has 36 heavy (non-hydrogen) atoms. The van der Waals surface area contributed by atoms with Crippen LogP contribution in [0.3, 0.4) is 0 Å². The van der Waals surface area contributed by atoms with E-state index >= 15 is 0 Å². The largest absolute Gasteiger partial charge is 0.389 e. The van der Waals surface area contributed by atoms with Gasteiger partial charge in [-0.3, -0.25) is 0 Å². The topological polar surface area (TPSA) is 64.5 Å². The maximum atomic E-state index is 11.5. The predicted octanol–water partition coefficient (Wildman–Crippen LogP) is 4.51. The standard InChI is InChI=1S/C32H36N2O2/c35-31(29(21-25-13-5-1-6-14-25)33-23-27-17-9-3-10-18-27)32(36)30(22-26-15-7-2-8-16-26)34-24-28-19-11-4-12-20-28/h1-20,29-36H,21-24H2/t29-,30-,31+,32+/m1/s1. The van der Waals surface area contributed by atoms with E-state index in [1.54, 1.807) is 0 Å². The van der Waals surface area contributed by atoms with E-state index in [1.807, 2.05) is 72.8 Å². The summed E-state index contributed by atoms with van der Waals surface area (Å²) in [7, 11) is 0. The van der Waals surface area contributed by atoms with Gasteiger partial charge in [0.2, 0.25) is 0 Å². The lowest BCUT2D eigenvalue weighted by Crippen LogP contribution is -2.55. The van der Waals surface area contributed by atoms with Gasteiger partial charge >= 0.3 is 0 Å². The second-order valence-electron chi connectivity index (χ2n) is 9.31. The van der Waals surface area contributed by atoms with Gasteiger partial charge in [-0.25, -0.2) is 0 Å². The zero-order valence-corrected chi connectivity index (χ0v) is 20.6. The quantitative estimate of drug-likeness (QED) is 0.227. The molecule has 0 aliphatic rings. The van der Waals surface area contributed by atoms with Gasteiger partial charge in [0.1, 0.15) is 0 Å². The first-order valence-electron chi connectivity index (χ1n) is 12.7. The van der Waals surface area contributed by atoms with Crippen molar-refractivity contribution in [2.75, 3.05) is 0 Å². The van der Waals surface area contributed by atoms with Crippen molar-refractivity contribution in [3.63, 3.8) is 0 Å². The van der Waals surface area contributed by atoms with Gasteiger partial charge in [0, 0.05) is 25.2 Å². The predicted molar refractivity (Wildman–Crippen MR) is 146 cm³/mol. The molecule has 4 N–H and O–H groups in total. The average Bonchev–Trinajstić information content (AvgIpc) is 2.94. The summed E-state index contributed by atoms with van der Waals surface area (Å²) in [5.41, 5.74) is 4.51. The fourth-order valence-corrected chi connectivity index (χ4v) is 4.53. The first kappa shape index (κ1) is 25.8. The van der Waals surface area contributed by atoms with E-state index in [9.17, 15) is 10.2 Å². The summed E-state index contributed by atoms with van der Waals surface area (Å²) >= 11 is 0. The molecule has 4 heteroatoms. The van der Waals surface area contributed by atoms with Crippen molar-refractivity contribution in [2.45, 2.75) is 50.2 Å². The van der Waals surface area contributed by atoms with E-state index in [2.05, 4.69) is 59.2 Å². The molecule has 4 rings (SSSR count). The number of hydrogen-bond donors (Lipinski definition) is 4. The van der Waals surface area contributed by atoms with Crippen LogP contribution in [0.25, 0.3) is 0 Å². The first-order valence-corrected chi connectivity index (χ1v) is 12.7. The monoisotopic (exact) mass is 480 g/mol. The number of aliphatic hydroxyl groups excluding tert-OH is 2. The Balaban J connectivity index is 1.51. The Morgan fingerprint density at radius 1 is 0.417 bits per heavy atom. The maximum absolute atomic E-state index is 11.5. The minimum absolute atomic E-state index is 0.320. The molecule has 0 amide bonds. The van der Waals surface area contributed by atoms with Gasteiger partial charge in [-0.2, -0.15) is 0 Å². The molecule has 0 heterocycles. The van der Waals surface area contributed by atoms with Crippen molar-refractivity contribution in [3.05, 3.63) is 144 Å². The number of benzene rings is 4. The van der Waals surface area contributed by atoms with Crippen molar-refractivity contribution in [1.29, 1.82) is 0 Å². The van der Waals surface area contributed by atoms with Gasteiger partial charge in [0.05, 0.1) is 12.2 Å². The summed E-state index contributed by atoms with van der Waals surface area (Å²) in [6.45, 7) is 1.23. The van der Waals surface area contributed by atoms with Gasteiger partial charge in [-0.1, -0.05) is 121 Å². The highest BCUT2D eigenvalue weighted by molar-refractivity contribution is 5.20. The average molecular weight is 481 g/mol. The minimum atomic E-state index is -0.967. The zero-order valence-electron chi connectivity index (χ0n) is 20.6. The third kappa shape index (κ3) is 7.87. The second kappa shape index (κ2) is 13.7. The molecule has 0 aromatic heterocycles. The number of rotatable bonds is 13. The lowest BCUT2D eigenvalue weighted by molar-refractivity contribution is -0.0247. The Kier molecular flexibility index (Phi) is 9.83. The Labute approximate surface area is 214 Å². The SMILES string of the molecule is O[C@H]([C@@H](O)[C@@H](Cc1ccccc1)NCc1ccccc1)[C@@H](Cc1ccccc1)NCc1ccccc1. The fourth-order valence-electron chi connectivity index (χ4n) is 4.53. The molecule has 4 aromatic rings. The first-order chi connectivity index (χ1) is 17.7. The molecule has 0 bridgehead atoms.